The van der Waals surface area contributed by atoms with E-state index in [0.717, 1.165) is 0 Å². The molecule has 0 bridgehead atoms. The summed E-state index contributed by atoms with van der Waals surface area (Å²) in [6.07, 6.45) is 1.36. The van der Waals surface area contributed by atoms with Gasteiger partial charge in [0.2, 0.25) is 0 Å². The summed E-state index contributed by atoms with van der Waals surface area (Å²) in [7, 11) is 1.40. The van der Waals surface area contributed by atoms with Crippen molar-refractivity contribution in [3.63, 3.8) is 0 Å². The minimum Gasteiger partial charge on any atom is -0.505 e. The van der Waals surface area contributed by atoms with Gasteiger partial charge >= 0.3 is 5.97 Å². The topological polar surface area (TPSA) is 118 Å². The summed E-state index contributed by atoms with van der Waals surface area (Å²) in [4.78, 5) is 26.5. The van der Waals surface area contributed by atoms with Gasteiger partial charge in [0.15, 0.2) is 11.4 Å². The number of benzene rings is 2. The molecular weight excluding hydrogens is 371 g/mol. The average molecular weight is 386 g/mol. The van der Waals surface area contributed by atoms with E-state index in [1.165, 1.54) is 37.6 Å². The van der Waals surface area contributed by atoms with Gasteiger partial charge in [-0.2, -0.15) is 0 Å². The quantitative estimate of drug-likeness (QED) is 0.596. The third-order valence-electron chi connectivity index (χ3n) is 3.77. The van der Waals surface area contributed by atoms with Crippen molar-refractivity contribution in [3.8, 4) is 23.0 Å². The summed E-state index contributed by atoms with van der Waals surface area (Å²) in [5.74, 6) is -2.29. The van der Waals surface area contributed by atoms with Crippen LogP contribution < -0.4 is 14.8 Å². The van der Waals surface area contributed by atoms with Gasteiger partial charge in [-0.1, -0.05) is 0 Å². The molecular formula is C19H15FN2O6. The highest BCUT2D eigenvalue weighted by molar-refractivity contribution is 6.02. The van der Waals surface area contributed by atoms with Gasteiger partial charge in [-0.05, 0) is 18.2 Å². The van der Waals surface area contributed by atoms with E-state index in [2.05, 4.69) is 10.3 Å². The number of hydrogen-bond donors (Lipinski definition) is 3. The standard InChI is InChI=1S/C19H15FN2O6/c1-27-13-4-11(20)5-14(6-13)28-12-3-2-10-8-21-17(18(25)15(10)7-12)19(26)22-9-16(23)24/h2-8,25H,9H2,1H3,(H,22,26)(H,23,24). The third-order valence-corrected chi connectivity index (χ3v) is 3.77. The molecule has 1 heterocycles. The normalized spacial score (nSPS) is 10.5. The minimum absolute atomic E-state index is 0.184. The number of pyridine rings is 1. The second-order valence-electron chi connectivity index (χ2n) is 5.71. The SMILES string of the molecule is COc1cc(F)cc(Oc2ccc3cnc(C(=O)NCC(=O)O)c(O)c3c2)c1. The van der Waals surface area contributed by atoms with Crippen LogP contribution in [0.1, 0.15) is 10.5 Å². The number of methoxy groups -OCH3 is 1. The van der Waals surface area contributed by atoms with E-state index in [1.807, 2.05) is 0 Å². The number of ether oxygens (including phenoxy) is 2. The number of rotatable bonds is 6. The Morgan fingerprint density at radius 2 is 1.89 bits per heavy atom. The maximum Gasteiger partial charge on any atom is 0.322 e. The van der Waals surface area contributed by atoms with Crippen molar-refractivity contribution in [2.75, 3.05) is 13.7 Å². The van der Waals surface area contributed by atoms with Crippen molar-refractivity contribution in [1.82, 2.24) is 10.3 Å². The van der Waals surface area contributed by atoms with Gasteiger partial charge in [-0.15, -0.1) is 0 Å². The molecule has 0 saturated heterocycles. The van der Waals surface area contributed by atoms with Crippen molar-refractivity contribution in [3.05, 3.63) is 54.1 Å². The number of carboxylic acids is 1. The van der Waals surface area contributed by atoms with Gasteiger partial charge in [0.25, 0.3) is 5.91 Å². The van der Waals surface area contributed by atoms with Gasteiger partial charge in [0, 0.05) is 35.2 Å². The van der Waals surface area contributed by atoms with E-state index >= 15 is 0 Å². The van der Waals surface area contributed by atoms with E-state index in [4.69, 9.17) is 14.6 Å². The maximum atomic E-state index is 13.6. The molecule has 0 unspecified atom stereocenters. The summed E-state index contributed by atoms with van der Waals surface area (Å²) in [6.45, 7) is -0.609. The Labute approximate surface area is 158 Å². The fourth-order valence-corrected chi connectivity index (χ4v) is 2.49. The van der Waals surface area contributed by atoms with Crippen LogP contribution in [0.4, 0.5) is 4.39 Å². The summed E-state index contributed by atoms with van der Waals surface area (Å²) in [5.41, 5.74) is -0.321. The number of aromatic nitrogens is 1. The molecule has 0 radical (unpaired) electrons. The fourth-order valence-electron chi connectivity index (χ4n) is 2.49. The van der Waals surface area contributed by atoms with Crippen LogP contribution in [-0.2, 0) is 4.79 Å². The van der Waals surface area contributed by atoms with Crippen molar-refractivity contribution in [2.45, 2.75) is 0 Å². The van der Waals surface area contributed by atoms with E-state index < -0.39 is 30.0 Å². The molecule has 3 aromatic rings. The number of carboxylic acid groups (broad SMARTS) is 1. The maximum absolute atomic E-state index is 13.6. The second kappa shape index (κ2) is 7.78. The van der Waals surface area contributed by atoms with E-state index in [1.54, 1.807) is 12.1 Å². The predicted molar refractivity (Wildman–Crippen MR) is 96.4 cm³/mol. The molecule has 0 spiro atoms. The lowest BCUT2D eigenvalue weighted by Crippen LogP contribution is -2.29. The first-order chi connectivity index (χ1) is 13.4. The van der Waals surface area contributed by atoms with Gasteiger partial charge in [0.1, 0.15) is 29.6 Å². The van der Waals surface area contributed by atoms with E-state index in [0.29, 0.717) is 5.39 Å². The molecule has 9 heteroatoms. The summed E-state index contributed by atoms with van der Waals surface area (Å²) in [5, 5.41) is 21.9. The highest BCUT2D eigenvalue weighted by Gasteiger charge is 2.17. The smallest absolute Gasteiger partial charge is 0.322 e. The number of carbonyl (C=O) groups excluding carboxylic acids is 1. The monoisotopic (exact) mass is 386 g/mol. The molecule has 0 saturated carbocycles. The predicted octanol–water partition coefficient (Wildman–Crippen LogP) is 2.69. The van der Waals surface area contributed by atoms with Crippen LogP contribution in [0.2, 0.25) is 0 Å². The van der Waals surface area contributed by atoms with Crippen molar-refractivity contribution in [1.29, 1.82) is 0 Å². The Hall–Kier alpha value is -3.88. The van der Waals surface area contributed by atoms with Crippen LogP contribution in [-0.4, -0.2) is 40.7 Å². The number of amides is 1. The zero-order valence-electron chi connectivity index (χ0n) is 14.6. The first-order valence-electron chi connectivity index (χ1n) is 8.01. The summed E-state index contributed by atoms with van der Waals surface area (Å²) < 4.78 is 24.2. The largest absolute Gasteiger partial charge is 0.505 e. The molecule has 3 rings (SSSR count). The number of carbonyl (C=O) groups is 2. The van der Waals surface area contributed by atoms with Crippen LogP contribution >= 0.6 is 0 Å². The molecule has 0 fully saturated rings. The summed E-state index contributed by atoms with van der Waals surface area (Å²) in [6, 6.07) is 8.51. The molecule has 1 aromatic heterocycles. The zero-order chi connectivity index (χ0) is 20.3. The molecule has 2 aromatic carbocycles. The first-order valence-corrected chi connectivity index (χ1v) is 8.01. The average Bonchev–Trinajstić information content (AvgIpc) is 2.66. The Bertz CT molecular complexity index is 1070. The number of fused-ring (bicyclic) bond motifs is 1. The van der Waals surface area contributed by atoms with Gasteiger partial charge in [-0.25, -0.2) is 9.37 Å². The van der Waals surface area contributed by atoms with Crippen LogP contribution in [0.25, 0.3) is 10.8 Å². The lowest BCUT2D eigenvalue weighted by molar-refractivity contribution is -0.135. The number of nitrogens with one attached hydrogen (secondary N) is 1. The van der Waals surface area contributed by atoms with E-state index in [9.17, 15) is 19.1 Å². The molecule has 144 valence electrons. The molecule has 0 aliphatic rings. The molecule has 0 aliphatic heterocycles. The molecule has 0 aliphatic carbocycles. The van der Waals surface area contributed by atoms with Gasteiger partial charge in [0.05, 0.1) is 7.11 Å². The molecule has 28 heavy (non-hydrogen) atoms. The number of aliphatic carboxylic acids is 1. The number of aromatic hydroxyl groups is 1. The molecule has 3 N–H and O–H groups in total. The molecule has 8 nitrogen and oxygen atoms in total. The van der Waals surface area contributed by atoms with Crippen molar-refractivity contribution < 1.29 is 33.7 Å². The lowest BCUT2D eigenvalue weighted by Gasteiger charge is -2.11. The molecule has 0 atom stereocenters. The highest BCUT2D eigenvalue weighted by atomic mass is 19.1. The fraction of sp³-hybridized carbons (Fsp3) is 0.105. The minimum atomic E-state index is -1.23. The van der Waals surface area contributed by atoms with E-state index in [-0.39, 0.29) is 28.3 Å². The lowest BCUT2D eigenvalue weighted by atomic mass is 10.1. The second-order valence-corrected chi connectivity index (χ2v) is 5.71. The van der Waals surface area contributed by atoms with Crippen molar-refractivity contribution in [2.24, 2.45) is 0 Å². The van der Waals surface area contributed by atoms with Crippen LogP contribution in [0, 0.1) is 5.82 Å². The Balaban J connectivity index is 1.94. The molecule has 1 amide bonds. The highest BCUT2D eigenvalue weighted by Crippen LogP contribution is 2.33. The Kier molecular flexibility index (Phi) is 5.25. The van der Waals surface area contributed by atoms with Gasteiger partial charge in [-0.3, -0.25) is 9.59 Å². The van der Waals surface area contributed by atoms with Crippen molar-refractivity contribution >= 4 is 22.6 Å². The Morgan fingerprint density at radius 3 is 2.61 bits per heavy atom. The zero-order valence-corrected chi connectivity index (χ0v) is 14.6. The number of halogens is 1. The summed E-state index contributed by atoms with van der Waals surface area (Å²) >= 11 is 0. The number of nitrogens with zero attached hydrogens (tertiary/aromatic N) is 1. The van der Waals surface area contributed by atoms with Gasteiger partial charge < -0.3 is 25.0 Å². The van der Waals surface area contributed by atoms with Crippen LogP contribution in [0.3, 0.4) is 0 Å². The first kappa shape index (κ1) is 18.9. The Morgan fingerprint density at radius 1 is 1.14 bits per heavy atom. The number of hydrogen-bond acceptors (Lipinski definition) is 6. The van der Waals surface area contributed by atoms with Crippen LogP contribution in [0.15, 0.2) is 42.6 Å². The third kappa shape index (κ3) is 4.09. The van der Waals surface area contributed by atoms with Crippen LogP contribution in [0.5, 0.6) is 23.0 Å².